The van der Waals surface area contributed by atoms with E-state index >= 15 is 0 Å². The fourth-order valence-corrected chi connectivity index (χ4v) is 4.60. The Balaban J connectivity index is 1.53. The van der Waals surface area contributed by atoms with Gasteiger partial charge in [-0.3, -0.25) is 4.98 Å². The lowest BCUT2D eigenvalue weighted by Crippen LogP contribution is -2.44. The summed E-state index contributed by atoms with van der Waals surface area (Å²) < 4.78 is 29.0. The van der Waals surface area contributed by atoms with Gasteiger partial charge >= 0.3 is 0 Å². The maximum atomic E-state index is 11.6. The third kappa shape index (κ3) is 6.23. The molecule has 2 aromatic rings. The number of hydrogen-bond donors (Lipinski definition) is 2. The summed E-state index contributed by atoms with van der Waals surface area (Å²) in [6, 6.07) is 13.4. The van der Waals surface area contributed by atoms with Gasteiger partial charge in [0.05, 0.1) is 23.7 Å². The molecular weight excluding hydrogens is 376 g/mol. The average molecular weight is 403 g/mol. The van der Waals surface area contributed by atoms with Crippen LogP contribution in [0.3, 0.4) is 0 Å². The highest BCUT2D eigenvalue weighted by Crippen LogP contribution is 2.15. The second-order valence-corrected chi connectivity index (χ2v) is 8.92. The Kier molecular flexibility index (Phi) is 6.86. The molecule has 0 spiro atoms. The molecule has 0 radical (unpaired) electrons. The summed E-state index contributed by atoms with van der Waals surface area (Å²) in [6.45, 7) is 3.62. The lowest BCUT2D eigenvalue weighted by molar-refractivity contribution is 0.301. The zero-order valence-electron chi connectivity index (χ0n) is 16.0. The minimum Gasteiger partial charge on any atom is -0.487 e. The van der Waals surface area contributed by atoms with Gasteiger partial charge < -0.3 is 15.4 Å². The van der Waals surface area contributed by atoms with E-state index in [2.05, 4.69) is 20.6 Å². The maximum absolute atomic E-state index is 11.6. The fourth-order valence-electron chi connectivity index (χ4n) is 2.92. The molecule has 1 aromatic heterocycles. The van der Waals surface area contributed by atoms with Crippen molar-refractivity contribution in [3.63, 3.8) is 0 Å². The van der Waals surface area contributed by atoms with Gasteiger partial charge in [0.15, 0.2) is 15.8 Å². The Morgan fingerprint density at radius 2 is 2.07 bits per heavy atom. The monoisotopic (exact) mass is 402 g/mol. The van der Waals surface area contributed by atoms with E-state index in [4.69, 9.17) is 4.74 Å². The average Bonchev–Trinajstić information content (AvgIpc) is 3.04. The summed E-state index contributed by atoms with van der Waals surface area (Å²) >= 11 is 0. The molecule has 8 heteroatoms. The second kappa shape index (κ2) is 9.54. The summed E-state index contributed by atoms with van der Waals surface area (Å²) in [5, 5.41) is 6.39. The topological polar surface area (TPSA) is 92.7 Å². The molecule has 1 unspecified atom stereocenters. The van der Waals surface area contributed by atoms with E-state index in [-0.39, 0.29) is 17.5 Å². The summed E-state index contributed by atoms with van der Waals surface area (Å²) in [6.07, 6.45) is 2.37. The van der Waals surface area contributed by atoms with Gasteiger partial charge in [-0.2, -0.15) is 0 Å². The van der Waals surface area contributed by atoms with Gasteiger partial charge in [0.25, 0.3) is 0 Å². The van der Waals surface area contributed by atoms with Crippen LogP contribution in [0.2, 0.25) is 0 Å². The van der Waals surface area contributed by atoms with E-state index in [0.717, 1.165) is 17.0 Å². The minimum absolute atomic E-state index is 0.0785. The van der Waals surface area contributed by atoms with E-state index in [1.807, 2.05) is 49.4 Å². The predicted octanol–water partition coefficient (Wildman–Crippen LogP) is 1.90. The summed E-state index contributed by atoms with van der Waals surface area (Å²) in [7, 11) is -2.92. The van der Waals surface area contributed by atoms with Gasteiger partial charge in [-0.15, -0.1) is 0 Å². The first-order valence-electron chi connectivity index (χ1n) is 9.41. The number of rotatable bonds is 7. The molecule has 1 atom stereocenters. The summed E-state index contributed by atoms with van der Waals surface area (Å²) in [4.78, 5) is 8.80. The molecule has 0 bridgehead atoms. The Morgan fingerprint density at radius 1 is 1.25 bits per heavy atom. The Bertz CT molecular complexity index is 883. The second-order valence-electron chi connectivity index (χ2n) is 6.69. The molecule has 1 aliphatic heterocycles. The Morgan fingerprint density at radius 3 is 2.71 bits per heavy atom. The highest BCUT2D eigenvalue weighted by atomic mass is 32.2. The lowest BCUT2D eigenvalue weighted by atomic mass is 10.2. The molecule has 3 rings (SSSR count). The van der Waals surface area contributed by atoms with Crippen molar-refractivity contribution < 1.29 is 13.2 Å². The van der Waals surface area contributed by atoms with Crippen molar-refractivity contribution >= 4 is 15.8 Å². The molecule has 0 aliphatic carbocycles. The number of pyridine rings is 1. The zero-order chi connectivity index (χ0) is 19.8. The van der Waals surface area contributed by atoms with E-state index in [1.54, 1.807) is 6.20 Å². The van der Waals surface area contributed by atoms with Gasteiger partial charge in [0.2, 0.25) is 0 Å². The van der Waals surface area contributed by atoms with Crippen molar-refractivity contribution in [3.8, 4) is 5.75 Å². The van der Waals surface area contributed by atoms with Crippen molar-refractivity contribution in [1.82, 2.24) is 15.6 Å². The number of ether oxygens (including phenoxy) is 1. The van der Waals surface area contributed by atoms with Crippen LogP contribution in [0.1, 0.15) is 24.6 Å². The molecule has 1 saturated heterocycles. The molecule has 2 heterocycles. The lowest BCUT2D eigenvalue weighted by Gasteiger charge is -2.15. The van der Waals surface area contributed by atoms with Crippen molar-refractivity contribution in [3.05, 3.63) is 59.9 Å². The standard InChI is InChI=1S/C20H26N4O3S/c1-2-21-20(24-18-10-12-28(25,26)15-18)23-13-16-6-8-19(9-7-16)27-14-17-5-3-4-11-22-17/h3-9,11,18H,2,10,12-15H2,1H3,(H2,21,23,24). The van der Waals surface area contributed by atoms with Crippen LogP contribution in [-0.2, 0) is 23.0 Å². The normalized spacial score (nSPS) is 18.6. The van der Waals surface area contributed by atoms with Gasteiger partial charge in [-0.05, 0) is 43.2 Å². The number of sulfone groups is 1. The molecule has 1 aliphatic rings. The molecule has 0 amide bonds. The van der Waals surface area contributed by atoms with Gasteiger partial charge in [-0.25, -0.2) is 13.4 Å². The van der Waals surface area contributed by atoms with Crippen molar-refractivity contribution in [2.24, 2.45) is 4.99 Å². The Labute approximate surface area is 166 Å². The van der Waals surface area contributed by atoms with Crippen LogP contribution in [0.25, 0.3) is 0 Å². The highest BCUT2D eigenvalue weighted by molar-refractivity contribution is 7.91. The third-order valence-electron chi connectivity index (χ3n) is 4.37. The molecule has 1 aromatic carbocycles. The van der Waals surface area contributed by atoms with Crippen LogP contribution < -0.4 is 15.4 Å². The number of nitrogens with one attached hydrogen (secondary N) is 2. The smallest absolute Gasteiger partial charge is 0.191 e. The molecule has 2 N–H and O–H groups in total. The first-order chi connectivity index (χ1) is 13.5. The van der Waals surface area contributed by atoms with E-state index < -0.39 is 9.84 Å². The molecule has 28 heavy (non-hydrogen) atoms. The minimum atomic E-state index is -2.92. The first-order valence-corrected chi connectivity index (χ1v) is 11.2. The zero-order valence-corrected chi connectivity index (χ0v) is 16.8. The van der Waals surface area contributed by atoms with Crippen LogP contribution in [0.5, 0.6) is 5.75 Å². The SMILES string of the molecule is CCNC(=NCc1ccc(OCc2ccccn2)cc1)NC1CCS(=O)(=O)C1. The van der Waals surface area contributed by atoms with E-state index in [9.17, 15) is 8.42 Å². The number of benzene rings is 1. The number of hydrogen-bond acceptors (Lipinski definition) is 5. The van der Waals surface area contributed by atoms with E-state index in [0.29, 0.717) is 32.1 Å². The van der Waals surface area contributed by atoms with Crippen LogP contribution >= 0.6 is 0 Å². The number of aliphatic imine (C=N–C) groups is 1. The molecule has 0 saturated carbocycles. The largest absolute Gasteiger partial charge is 0.487 e. The maximum Gasteiger partial charge on any atom is 0.191 e. The number of aromatic nitrogens is 1. The molecule has 150 valence electrons. The van der Waals surface area contributed by atoms with Crippen molar-refractivity contribution in [1.29, 1.82) is 0 Å². The van der Waals surface area contributed by atoms with Crippen molar-refractivity contribution in [2.45, 2.75) is 32.5 Å². The van der Waals surface area contributed by atoms with Gasteiger partial charge in [-0.1, -0.05) is 18.2 Å². The predicted molar refractivity (Wildman–Crippen MR) is 110 cm³/mol. The quantitative estimate of drug-likeness (QED) is 0.543. The van der Waals surface area contributed by atoms with Crippen molar-refractivity contribution in [2.75, 3.05) is 18.1 Å². The van der Waals surface area contributed by atoms with E-state index in [1.165, 1.54) is 0 Å². The molecular formula is C20H26N4O3S. The number of guanidine groups is 1. The molecule has 1 fully saturated rings. The first kappa shape index (κ1) is 20.1. The van der Waals surface area contributed by atoms with Crippen LogP contribution in [0.15, 0.2) is 53.7 Å². The van der Waals surface area contributed by atoms with Crippen LogP contribution in [-0.4, -0.2) is 43.5 Å². The molecule has 7 nitrogen and oxygen atoms in total. The van der Waals surface area contributed by atoms with Crippen LogP contribution in [0, 0.1) is 0 Å². The number of nitrogens with zero attached hydrogens (tertiary/aromatic N) is 2. The van der Waals surface area contributed by atoms with Gasteiger partial charge in [0.1, 0.15) is 12.4 Å². The summed E-state index contributed by atoms with van der Waals surface area (Å²) in [5.74, 6) is 1.82. The Hall–Kier alpha value is -2.61. The fraction of sp³-hybridized carbons (Fsp3) is 0.400. The summed E-state index contributed by atoms with van der Waals surface area (Å²) in [5.41, 5.74) is 1.92. The van der Waals surface area contributed by atoms with Crippen LogP contribution in [0.4, 0.5) is 0 Å². The highest BCUT2D eigenvalue weighted by Gasteiger charge is 2.28. The third-order valence-corrected chi connectivity index (χ3v) is 6.14. The van der Waals surface area contributed by atoms with Gasteiger partial charge in [0, 0.05) is 18.8 Å².